The van der Waals surface area contributed by atoms with E-state index < -0.39 is 35.2 Å². The van der Waals surface area contributed by atoms with Gasteiger partial charge in [-0.1, -0.05) is 25.0 Å². The van der Waals surface area contributed by atoms with Crippen LogP contribution in [0.2, 0.25) is 0 Å². The monoisotopic (exact) mass is 378 g/mol. The molecule has 1 saturated carbocycles. The SMILES string of the molecule is CCOC(=O)C(C(=O)[O-])C(C[N+](=O)[O-])c1ccc(OC)c(C2CCCC2)c1. The van der Waals surface area contributed by atoms with Crippen LogP contribution < -0.4 is 9.84 Å². The van der Waals surface area contributed by atoms with Gasteiger partial charge in [0.15, 0.2) is 0 Å². The number of nitrogens with zero attached hydrogens (tertiary/aromatic N) is 1. The maximum Gasteiger partial charge on any atom is 0.315 e. The number of methoxy groups -OCH3 is 1. The van der Waals surface area contributed by atoms with Gasteiger partial charge in [0.2, 0.25) is 6.54 Å². The van der Waals surface area contributed by atoms with Crippen LogP contribution in [-0.2, 0) is 14.3 Å². The number of aliphatic carboxylic acids is 1. The number of hydrogen-bond acceptors (Lipinski definition) is 7. The van der Waals surface area contributed by atoms with E-state index in [9.17, 15) is 24.8 Å². The lowest BCUT2D eigenvalue weighted by atomic mass is 9.83. The molecule has 0 N–H and O–H groups in total. The van der Waals surface area contributed by atoms with Crippen LogP contribution in [0, 0.1) is 16.0 Å². The number of ether oxygens (including phenoxy) is 2. The van der Waals surface area contributed by atoms with Crippen molar-refractivity contribution < 1.29 is 29.1 Å². The van der Waals surface area contributed by atoms with Gasteiger partial charge in [0.1, 0.15) is 11.7 Å². The first kappa shape index (κ1) is 20.7. The van der Waals surface area contributed by atoms with Crippen molar-refractivity contribution in [1.29, 1.82) is 0 Å². The quantitative estimate of drug-likeness (QED) is 0.277. The number of rotatable bonds is 9. The molecule has 1 aromatic carbocycles. The summed E-state index contributed by atoms with van der Waals surface area (Å²) >= 11 is 0. The number of nitro groups is 1. The van der Waals surface area contributed by atoms with Crippen LogP contribution in [0.5, 0.6) is 5.75 Å². The number of benzene rings is 1. The van der Waals surface area contributed by atoms with Crippen LogP contribution in [0.25, 0.3) is 0 Å². The Bertz CT molecular complexity index is 697. The minimum atomic E-state index is -1.75. The molecule has 2 unspecified atom stereocenters. The van der Waals surface area contributed by atoms with E-state index in [1.54, 1.807) is 32.2 Å². The number of carbonyl (C=O) groups excluding carboxylic acids is 2. The number of carboxylic acid groups (broad SMARTS) is 1. The molecular formula is C19H24NO7-. The van der Waals surface area contributed by atoms with Crippen molar-refractivity contribution in [1.82, 2.24) is 0 Å². The van der Waals surface area contributed by atoms with E-state index in [1.165, 1.54) is 0 Å². The average Bonchev–Trinajstić information content (AvgIpc) is 3.14. The van der Waals surface area contributed by atoms with Crippen LogP contribution in [0.15, 0.2) is 18.2 Å². The first-order chi connectivity index (χ1) is 12.9. The van der Waals surface area contributed by atoms with E-state index in [-0.39, 0.29) is 12.5 Å². The summed E-state index contributed by atoms with van der Waals surface area (Å²) in [7, 11) is 1.55. The van der Waals surface area contributed by atoms with E-state index >= 15 is 0 Å². The lowest BCUT2D eigenvalue weighted by Gasteiger charge is -2.25. The lowest BCUT2D eigenvalue weighted by Crippen LogP contribution is -2.43. The zero-order valence-corrected chi connectivity index (χ0v) is 15.5. The molecule has 1 aromatic rings. The van der Waals surface area contributed by atoms with Gasteiger partial charge in [0.25, 0.3) is 0 Å². The molecule has 8 heteroatoms. The summed E-state index contributed by atoms with van der Waals surface area (Å²) < 4.78 is 10.2. The molecule has 0 saturated heterocycles. The van der Waals surface area contributed by atoms with E-state index in [0.29, 0.717) is 11.3 Å². The lowest BCUT2D eigenvalue weighted by molar-refractivity contribution is -0.484. The second-order valence-corrected chi connectivity index (χ2v) is 6.65. The minimum absolute atomic E-state index is 0.0241. The van der Waals surface area contributed by atoms with Gasteiger partial charge in [0.05, 0.1) is 25.6 Å². The van der Waals surface area contributed by atoms with E-state index in [4.69, 9.17) is 9.47 Å². The highest BCUT2D eigenvalue weighted by Gasteiger charge is 2.36. The third-order valence-corrected chi connectivity index (χ3v) is 5.02. The Morgan fingerprint density at radius 2 is 1.96 bits per heavy atom. The summed E-state index contributed by atoms with van der Waals surface area (Å²) in [6.07, 6.45) is 4.12. The highest BCUT2D eigenvalue weighted by molar-refractivity contribution is 5.94. The maximum absolute atomic E-state index is 12.2. The van der Waals surface area contributed by atoms with Crippen molar-refractivity contribution in [3.63, 3.8) is 0 Å². The van der Waals surface area contributed by atoms with Crippen molar-refractivity contribution in [2.45, 2.75) is 44.4 Å². The minimum Gasteiger partial charge on any atom is -0.549 e. The van der Waals surface area contributed by atoms with Crippen molar-refractivity contribution in [3.8, 4) is 5.75 Å². The normalized spacial score (nSPS) is 16.5. The van der Waals surface area contributed by atoms with Crippen LogP contribution >= 0.6 is 0 Å². The molecule has 8 nitrogen and oxygen atoms in total. The van der Waals surface area contributed by atoms with Gasteiger partial charge in [-0.3, -0.25) is 14.9 Å². The van der Waals surface area contributed by atoms with Crippen molar-refractivity contribution in [2.24, 2.45) is 5.92 Å². The summed E-state index contributed by atoms with van der Waals surface area (Å²) in [6.45, 7) is 0.802. The Balaban J connectivity index is 2.48. The molecule has 0 aromatic heterocycles. The molecule has 0 heterocycles. The van der Waals surface area contributed by atoms with E-state index in [2.05, 4.69) is 0 Å². The van der Waals surface area contributed by atoms with Gasteiger partial charge >= 0.3 is 5.97 Å². The van der Waals surface area contributed by atoms with Crippen molar-refractivity contribution in [2.75, 3.05) is 20.3 Å². The molecular weight excluding hydrogens is 354 g/mol. The predicted octanol–water partition coefficient (Wildman–Crippen LogP) is 1.64. The zero-order valence-electron chi connectivity index (χ0n) is 15.5. The van der Waals surface area contributed by atoms with Gasteiger partial charge in [-0.15, -0.1) is 0 Å². The Morgan fingerprint density at radius 3 is 2.48 bits per heavy atom. The second-order valence-electron chi connectivity index (χ2n) is 6.65. The Hall–Kier alpha value is -2.64. The summed E-state index contributed by atoms with van der Waals surface area (Å²) in [6, 6.07) is 4.98. The molecule has 27 heavy (non-hydrogen) atoms. The fourth-order valence-electron chi connectivity index (χ4n) is 3.76. The molecule has 148 valence electrons. The molecule has 0 aliphatic heterocycles. The van der Waals surface area contributed by atoms with Gasteiger partial charge in [-0.2, -0.15) is 0 Å². The molecule has 1 fully saturated rings. The summed E-state index contributed by atoms with van der Waals surface area (Å²) in [4.78, 5) is 34.3. The molecule has 0 amide bonds. The first-order valence-electron chi connectivity index (χ1n) is 9.06. The summed E-state index contributed by atoms with van der Waals surface area (Å²) in [5.41, 5.74) is 1.29. The third kappa shape index (κ3) is 4.96. The van der Waals surface area contributed by atoms with E-state index in [0.717, 1.165) is 31.2 Å². The molecule has 0 spiro atoms. The molecule has 2 rings (SSSR count). The summed E-state index contributed by atoms with van der Waals surface area (Å²) in [5.74, 6) is -4.73. The van der Waals surface area contributed by atoms with Gasteiger partial charge in [-0.05, 0) is 42.9 Å². The largest absolute Gasteiger partial charge is 0.549 e. The van der Waals surface area contributed by atoms with Crippen molar-refractivity contribution in [3.05, 3.63) is 39.4 Å². The van der Waals surface area contributed by atoms with Crippen molar-refractivity contribution >= 4 is 11.9 Å². The average molecular weight is 378 g/mol. The number of hydrogen-bond donors (Lipinski definition) is 0. The molecule has 1 aliphatic carbocycles. The molecule has 0 bridgehead atoms. The Labute approximate surface area is 157 Å². The smallest absolute Gasteiger partial charge is 0.315 e. The highest BCUT2D eigenvalue weighted by atomic mass is 16.6. The second kappa shape index (κ2) is 9.34. The maximum atomic E-state index is 12.2. The number of esters is 1. The third-order valence-electron chi connectivity index (χ3n) is 5.02. The van der Waals surface area contributed by atoms with Gasteiger partial charge in [0, 0.05) is 4.92 Å². The molecule has 0 radical (unpaired) electrons. The Kier molecular flexibility index (Phi) is 7.15. The molecule has 1 aliphatic rings. The van der Waals surface area contributed by atoms with Gasteiger partial charge in [-0.25, -0.2) is 0 Å². The summed E-state index contributed by atoms with van der Waals surface area (Å²) in [5, 5.41) is 22.8. The highest BCUT2D eigenvalue weighted by Crippen LogP contribution is 2.40. The van der Waals surface area contributed by atoms with Crippen LogP contribution in [0.4, 0.5) is 0 Å². The first-order valence-corrected chi connectivity index (χ1v) is 9.06. The fraction of sp³-hybridized carbons (Fsp3) is 0.579. The number of carboxylic acids is 1. The van der Waals surface area contributed by atoms with Gasteiger partial charge < -0.3 is 19.4 Å². The number of carbonyl (C=O) groups is 2. The fourth-order valence-corrected chi connectivity index (χ4v) is 3.76. The van der Waals surface area contributed by atoms with Crippen LogP contribution in [0.3, 0.4) is 0 Å². The molecule has 2 atom stereocenters. The predicted molar refractivity (Wildman–Crippen MR) is 93.9 cm³/mol. The van der Waals surface area contributed by atoms with Crippen LogP contribution in [0.1, 0.15) is 55.6 Å². The Morgan fingerprint density at radius 1 is 1.30 bits per heavy atom. The zero-order chi connectivity index (χ0) is 20.0. The standard InChI is InChI=1S/C19H25NO7/c1-3-27-19(23)17(18(21)22)15(11-20(24)25)13-8-9-16(26-2)14(10-13)12-6-4-5-7-12/h8-10,12,15,17H,3-7,11H2,1-2H3,(H,21,22)/p-1. The topological polar surface area (TPSA) is 119 Å². The van der Waals surface area contributed by atoms with Crippen LogP contribution in [-0.4, -0.2) is 37.1 Å². The van der Waals surface area contributed by atoms with E-state index in [1.807, 2.05) is 0 Å².